The maximum Gasteiger partial charge on any atom is 0.308 e. The fourth-order valence-electron chi connectivity index (χ4n) is 4.13. The van der Waals surface area contributed by atoms with Crippen molar-refractivity contribution < 1.29 is 23.8 Å². The third kappa shape index (κ3) is 4.77. The van der Waals surface area contributed by atoms with Crippen LogP contribution in [0.3, 0.4) is 0 Å². The monoisotopic (exact) mass is 559 g/mol. The van der Waals surface area contributed by atoms with Crippen molar-refractivity contribution >= 4 is 44.6 Å². The number of halogens is 1. The van der Waals surface area contributed by atoms with Gasteiger partial charge in [-0.05, 0) is 40.2 Å². The number of hydrogen-bond acceptors (Lipinski definition) is 7. The molecule has 5 rings (SSSR count). The molecule has 0 aliphatic carbocycles. The van der Waals surface area contributed by atoms with Gasteiger partial charge in [-0.3, -0.25) is 9.59 Å². The number of esters is 1. The summed E-state index contributed by atoms with van der Waals surface area (Å²) in [6, 6.07) is 22.8. The van der Waals surface area contributed by atoms with Crippen molar-refractivity contribution in [3.8, 4) is 22.8 Å². The molecule has 0 fully saturated rings. The first-order chi connectivity index (χ1) is 17.9. The number of carbonyl (C=O) groups is 2. The van der Waals surface area contributed by atoms with E-state index in [4.69, 9.17) is 19.2 Å². The second-order valence-corrected chi connectivity index (χ2v) is 9.16. The molecule has 3 aromatic carbocycles. The molecule has 186 valence electrons. The Bertz CT molecular complexity index is 1550. The average Bonchev–Trinajstić information content (AvgIpc) is 3.35. The van der Waals surface area contributed by atoms with E-state index in [0.29, 0.717) is 21.3 Å². The molecule has 0 unspecified atom stereocenters. The Balaban J connectivity index is 1.60. The summed E-state index contributed by atoms with van der Waals surface area (Å²) in [4.78, 5) is 29.0. The van der Waals surface area contributed by atoms with Gasteiger partial charge in [-0.2, -0.15) is 5.01 Å². The summed E-state index contributed by atoms with van der Waals surface area (Å²) >= 11 is 3.44. The number of fused-ring (bicyclic) bond motifs is 1. The number of carbonyl (C=O) groups excluding carboxylic acids is 2. The number of para-hydroxylation sites is 1. The smallest absolute Gasteiger partial charge is 0.308 e. The van der Waals surface area contributed by atoms with Crippen LogP contribution in [0.4, 0.5) is 0 Å². The van der Waals surface area contributed by atoms with E-state index >= 15 is 0 Å². The number of benzene rings is 3. The van der Waals surface area contributed by atoms with Crippen molar-refractivity contribution in [2.24, 2.45) is 5.10 Å². The van der Waals surface area contributed by atoms with Gasteiger partial charge in [-0.1, -0.05) is 48.5 Å². The van der Waals surface area contributed by atoms with Crippen LogP contribution in [0.15, 0.2) is 82.4 Å². The molecule has 2 heterocycles. The van der Waals surface area contributed by atoms with Gasteiger partial charge in [0.15, 0.2) is 11.5 Å². The van der Waals surface area contributed by atoms with Crippen LogP contribution < -0.4 is 9.47 Å². The number of rotatable bonds is 5. The van der Waals surface area contributed by atoms with Crippen molar-refractivity contribution in [1.29, 1.82) is 0 Å². The Morgan fingerprint density at radius 1 is 1.00 bits per heavy atom. The molecule has 8 nitrogen and oxygen atoms in total. The zero-order valence-electron chi connectivity index (χ0n) is 20.3. The molecule has 1 aliphatic rings. The minimum atomic E-state index is -0.865. The average molecular weight is 560 g/mol. The summed E-state index contributed by atoms with van der Waals surface area (Å²) in [5.74, 6) is 0.0373. The van der Waals surface area contributed by atoms with Crippen molar-refractivity contribution in [3.63, 3.8) is 0 Å². The summed E-state index contributed by atoms with van der Waals surface area (Å²) in [7, 11) is 1.47. The lowest BCUT2D eigenvalue weighted by Gasteiger charge is -2.21. The molecular formula is C28H22BrN3O5. The maximum absolute atomic E-state index is 12.6. The topological polar surface area (TPSA) is 90.3 Å². The highest BCUT2D eigenvalue weighted by atomic mass is 79.9. The van der Waals surface area contributed by atoms with E-state index in [0.717, 1.165) is 22.2 Å². The number of ether oxygens (including phenoxy) is 3. The predicted octanol–water partition coefficient (Wildman–Crippen LogP) is 5.84. The molecule has 1 amide bonds. The summed E-state index contributed by atoms with van der Waals surface area (Å²) in [5, 5.41) is 6.68. The van der Waals surface area contributed by atoms with Crippen molar-refractivity contribution in [2.45, 2.75) is 20.1 Å². The zero-order valence-corrected chi connectivity index (χ0v) is 21.9. The largest absolute Gasteiger partial charge is 0.493 e. The van der Waals surface area contributed by atoms with Gasteiger partial charge in [0, 0.05) is 35.9 Å². The van der Waals surface area contributed by atoms with Crippen LogP contribution in [0.2, 0.25) is 0 Å². The maximum atomic E-state index is 12.6. The van der Waals surface area contributed by atoms with E-state index in [2.05, 4.69) is 21.0 Å². The van der Waals surface area contributed by atoms with Gasteiger partial charge in [-0.25, -0.2) is 4.98 Å². The van der Waals surface area contributed by atoms with Crippen LogP contribution in [-0.2, 0) is 14.3 Å². The van der Waals surface area contributed by atoms with E-state index in [1.165, 1.54) is 26.0 Å². The van der Waals surface area contributed by atoms with E-state index in [9.17, 15) is 9.59 Å². The molecular weight excluding hydrogens is 538 g/mol. The first-order valence-corrected chi connectivity index (χ1v) is 12.2. The van der Waals surface area contributed by atoms with Crippen molar-refractivity contribution in [3.05, 3.63) is 88.4 Å². The summed E-state index contributed by atoms with van der Waals surface area (Å²) < 4.78 is 17.5. The van der Waals surface area contributed by atoms with Gasteiger partial charge in [0.25, 0.3) is 0 Å². The highest BCUT2D eigenvalue weighted by Gasteiger charge is 2.35. The fourth-order valence-corrected chi connectivity index (χ4v) is 4.67. The summed E-state index contributed by atoms with van der Waals surface area (Å²) in [5.41, 5.74) is 3.77. The Hall–Kier alpha value is -4.24. The summed E-state index contributed by atoms with van der Waals surface area (Å²) in [6.45, 7) is 2.72. The number of hydrogen-bond donors (Lipinski definition) is 0. The lowest BCUT2D eigenvalue weighted by Crippen LogP contribution is -2.25. The number of hydrazone groups is 1. The molecule has 1 aromatic heterocycles. The Labute approximate surface area is 221 Å². The molecule has 1 aliphatic heterocycles. The van der Waals surface area contributed by atoms with Crippen LogP contribution in [0.25, 0.3) is 22.2 Å². The fraction of sp³-hybridized carbons (Fsp3) is 0.143. The number of amides is 1. The zero-order chi connectivity index (χ0) is 26.1. The molecule has 0 bridgehead atoms. The van der Waals surface area contributed by atoms with Gasteiger partial charge < -0.3 is 14.2 Å². The Morgan fingerprint density at radius 2 is 1.73 bits per heavy atom. The van der Waals surface area contributed by atoms with E-state index < -0.39 is 12.2 Å². The van der Waals surface area contributed by atoms with Crippen molar-refractivity contribution in [2.75, 3.05) is 7.11 Å². The number of nitrogens with zero attached hydrogens (tertiary/aromatic N) is 3. The molecule has 37 heavy (non-hydrogen) atoms. The molecule has 4 aromatic rings. The second kappa shape index (κ2) is 10.0. The van der Waals surface area contributed by atoms with Crippen LogP contribution in [0.1, 0.15) is 31.2 Å². The third-order valence-electron chi connectivity index (χ3n) is 5.77. The van der Waals surface area contributed by atoms with Crippen LogP contribution >= 0.6 is 15.9 Å². The third-order valence-corrected chi connectivity index (χ3v) is 6.35. The van der Waals surface area contributed by atoms with E-state index in [-0.39, 0.29) is 17.6 Å². The number of aromatic nitrogens is 1. The summed E-state index contributed by atoms with van der Waals surface area (Å²) in [6.07, 6.45) is -0.865. The van der Waals surface area contributed by atoms with Crippen LogP contribution in [0.5, 0.6) is 11.5 Å². The van der Waals surface area contributed by atoms with E-state index in [1.807, 2.05) is 60.7 Å². The van der Waals surface area contributed by atoms with Gasteiger partial charge in [0.2, 0.25) is 18.0 Å². The number of pyridine rings is 1. The Morgan fingerprint density at radius 3 is 2.43 bits per heavy atom. The minimum Gasteiger partial charge on any atom is -0.493 e. The van der Waals surface area contributed by atoms with Crippen molar-refractivity contribution in [1.82, 2.24) is 9.99 Å². The lowest BCUT2D eigenvalue weighted by atomic mass is 10.0. The van der Waals surface area contributed by atoms with Gasteiger partial charge in [0.1, 0.15) is 0 Å². The SMILES string of the molecule is COc1cc([C@H]2OC(c3cc(-c4ccccc4)nc4ccccc34)=NN2C(C)=O)cc(Br)c1OC(C)=O. The molecule has 0 spiro atoms. The molecule has 1 atom stereocenters. The van der Waals surface area contributed by atoms with Crippen LogP contribution in [0, 0.1) is 0 Å². The molecule has 0 saturated heterocycles. The molecule has 0 N–H and O–H groups in total. The van der Waals surface area contributed by atoms with Gasteiger partial charge >= 0.3 is 5.97 Å². The molecule has 0 radical (unpaired) electrons. The van der Waals surface area contributed by atoms with Crippen LogP contribution in [-0.4, -0.2) is 34.9 Å². The minimum absolute atomic E-state index is 0.236. The number of methoxy groups -OCH3 is 1. The highest BCUT2D eigenvalue weighted by molar-refractivity contribution is 9.10. The first-order valence-electron chi connectivity index (χ1n) is 11.4. The quantitative estimate of drug-likeness (QED) is 0.225. The highest BCUT2D eigenvalue weighted by Crippen LogP contribution is 2.41. The predicted molar refractivity (Wildman–Crippen MR) is 142 cm³/mol. The van der Waals surface area contributed by atoms with Gasteiger partial charge in [-0.15, -0.1) is 5.10 Å². The first kappa shape index (κ1) is 24.5. The molecule has 9 heteroatoms. The van der Waals surface area contributed by atoms with E-state index in [1.54, 1.807) is 12.1 Å². The second-order valence-electron chi connectivity index (χ2n) is 8.30. The standard InChI is InChI=1S/C28H22BrN3O5/c1-16(33)32-28(19-13-22(29)26(36-17(2)34)25(14-19)35-3)37-27(31-32)21-15-24(18-9-5-4-6-10-18)30-23-12-8-7-11-20(21)23/h4-15,28H,1-3H3/t28-/m1/s1. The van der Waals surface area contributed by atoms with Gasteiger partial charge in [0.05, 0.1) is 22.8 Å². The Kier molecular flexibility index (Phi) is 6.62. The lowest BCUT2D eigenvalue weighted by molar-refractivity contribution is -0.135. The normalized spacial score (nSPS) is 14.8. The molecule has 0 saturated carbocycles.